The smallest absolute Gasteiger partial charge is 0.218 e. The highest BCUT2D eigenvalue weighted by molar-refractivity contribution is 7.97. The molecule has 1 rings (SSSR count). The maximum atomic E-state index is 11.5. The zero-order valence-corrected chi connectivity index (χ0v) is 8.77. The van der Waals surface area contributed by atoms with Crippen LogP contribution in [-0.2, 0) is 9.84 Å². The van der Waals surface area contributed by atoms with Crippen LogP contribution >= 0.6 is 23.2 Å². The van der Waals surface area contributed by atoms with E-state index in [1.165, 1.54) is 12.1 Å². The van der Waals surface area contributed by atoms with E-state index >= 15 is 0 Å². The monoisotopic (exact) mass is 236 g/mol. The first-order valence-electron chi connectivity index (χ1n) is 3.35. The largest absolute Gasteiger partial charge is 0.218 e. The molecule has 0 spiro atoms. The fourth-order valence-electron chi connectivity index (χ4n) is 0.771. The molecule has 0 fully saturated rings. The molecule has 0 radical (unpaired) electrons. The minimum absolute atomic E-state index is 0.136. The summed E-state index contributed by atoms with van der Waals surface area (Å²) >= 11 is 10.6. The Morgan fingerprint density at radius 1 is 1.23 bits per heavy atom. The van der Waals surface area contributed by atoms with Gasteiger partial charge >= 0.3 is 0 Å². The molecule has 0 aromatic heterocycles. The lowest BCUT2D eigenvalue weighted by molar-refractivity contribution is 0.604. The van der Waals surface area contributed by atoms with E-state index in [0.717, 1.165) is 5.54 Å². The summed E-state index contributed by atoms with van der Waals surface area (Å²) < 4.78 is 22.6. The highest BCUT2D eigenvalue weighted by Crippen LogP contribution is 2.22. The molecule has 13 heavy (non-hydrogen) atoms. The fourth-order valence-corrected chi connectivity index (χ4v) is 2.25. The summed E-state index contributed by atoms with van der Waals surface area (Å²) in [6, 6.07) is 7.87. The van der Waals surface area contributed by atoms with Crippen LogP contribution in [0.1, 0.15) is 0 Å². The molecule has 0 unspecified atom stereocenters. The second kappa shape index (κ2) is 4.13. The van der Waals surface area contributed by atoms with Gasteiger partial charge in [-0.1, -0.05) is 41.4 Å². The number of benzene rings is 1. The van der Waals surface area contributed by atoms with Crippen LogP contribution < -0.4 is 0 Å². The van der Waals surface area contributed by atoms with Gasteiger partial charge in [0.25, 0.3) is 0 Å². The van der Waals surface area contributed by atoms with Gasteiger partial charge in [-0.05, 0) is 12.1 Å². The van der Waals surface area contributed by atoms with Crippen LogP contribution in [0, 0.1) is 0 Å². The van der Waals surface area contributed by atoms with E-state index in [1.54, 1.807) is 18.2 Å². The first-order chi connectivity index (χ1) is 6.09. The highest BCUT2D eigenvalue weighted by Gasteiger charge is 2.17. The van der Waals surface area contributed by atoms with Crippen LogP contribution in [0.25, 0.3) is 0 Å². The van der Waals surface area contributed by atoms with E-state index in [1.807, 2.05) is 0 Å². The van der Waals surface area contributed by atoms with Gasteiger partial charge in [0.2, 0.25) is 9.84 Å². The zero-order valence-electron chi connectivity index (χ0n) is 6.44. The number of hydrogen-bond donors (Lipinski definition) is 0. The van der Waals surface area contributed by atoms with Gasteiger partial charge in [0.05, 0.1) is 4.90 Å². The molecule has 0 aliphatic heterocycles. The Labute approximate surface area is 86.7 Å². The van der Waals surface area contributed by atoms with Crippen molar-refractivity contribution in [1.29, 1.82) is 0 Å². The molecular weight excluding hydrogens is 231 g/mol. The van der Waals surface area contributed by atoms with Crippen molar-refractivity contribution in [3.63, 3.8) is 0 Å². The van der Waals surface area contributed by atoms with E-state index < -0.39 is 9.84 Å². The Bertz CT molecular complexity index is 409. The van der Waals surface area contributed by atoms with Crippen molar-refractivity contribution >= 4 is 33.0 Å². The maximum Gasteiger partial charge on any atom is 0.218 e. The Morgan fingerprint density at radius 2 is 1.77 bits per heavy atom. The van der Waals surface area contributed by atoms with Crippen LogP contribution in [-0.4, -0.2) is 8.42 Å². The van der Waals surface area contributed by atoms with Gasteiger partial charge in [-0.2, -0.15) is 0 Å². The predicted molar refractivity (Wildman–Crippen MR) is 53.4 cm³/mol. The standard InChI is InChI=1S/C8H6Cl2O2S/c9-6-8(10)13(11,12)7-4-2-1-3-5-7/h1-6H/b8-6-. The Hall–Kier alpha value is -0.510. The summed E-state index contributed by atoms with van der Waals surface area (Å²) in [5.74, 6) is 0. The van der Waals surface area contributed by atoms with Crippen molar-refractivity contribution < 1.29 is 8.42 Å². The van der Waals surface area contributed by atoms with Gasteiger partial charge < -0.3 is 0 Å². The molecular formula is C8H6Cl2O2S. The molecule has 0 saturated heterocycles. The molecule has 70 valence electrons. The van der Waals surface area contributed by atoms with Gasteiger partial charge in [-0.15, -0.1) is 0 Å². The predicted octanol–water partition coefficient (Wildman–Crippen LogP) is 2.74. The Morgan fingerprint density at radius 3 is 2.23 bits per heavy atom. The first kappa shape index (κ1) is 10.6. The van der Waals surface area contributed by atoms with Crippen molar-refractivity contribution in [2.24, 2.45) is 0 Å². The average molecular weight is 237 g/mol. The molecule has 5 heteroatoms. The quantitative estimate of drug-likeness (QED) is 0.792. The Kier molecular flexibility index (Phi) is 3.36. The van der Waals surface area contributed by atoms with Crippen LogP contribution in [0.15, 0.2) is 45.1 Å². The summed E-state index contributed by atoms with van der Waals surface area (Å²) in [6.07, 6.45) is 0. The van der Waals surface area contributed by atoms with E-state index in [0.29, 0.717) is 0 Å². The van der Waals surface area contributed by atoms with Crippen molar-refractivity contribution in [2.75, 3.05) is 0 Å². The van der Waals surface area contributed by atoms with E-state index in [9.17, 15) is 8.42 Å². The molecule has 0 N–H and O–H groups in total. The first-order valence-corrected chi connectivity index (χ1v) is 5.65. The fraction of sp³-hybridized carbons (Fsp3) is 0. The minimum Gasteiger partial charge on any atom is -0.218 e. The summed E-state index contributed by atoms with van der Waals surface area (Å²) in [4.78, 5) is 0.136. The van der Waals surface area contributed by atoms with E-state index in [4.69, 9.17) is 23.2 Å². The molecule has 0 amide bonds. The maximum absolute atomic E-state index is 11.5. The van der Waals surface area contributed by atoms with Gasteiger partial charge in [0.15, 0.2) is 0 Å². The summed E-state index contributed by atoms with van der Waals surface area (Å²) in [5.41, 5.74) is 0.837. The highest BCUT2D eigenvalue weighted by atomic mass is 35.5. The summed E-state index contributed by atoms with van der Waals surface area (Å²) in [5, 5.41) is 0. The van der Waals surface area contributed by atoms with E-state index in [-0.39, 0.29) is 9.26 Å². The SMILES string of the molecule is O=S(=O)(/C(Cl)=C\Cl)c1ccccc1. The third-order valence-corrected chi connectivity index (χ3v) is 4.10. The van der Waals surface area contributed by atoms with Crippen LogP contribution in [0.3, 0.4) is 0 Å². The van der Waals surface area contributed by atoms with Crippen LogP contribution in [0.4, 0.5) is 0 Å². The number of rotatable bonds is 2. The normalized spacial score (nSPS) is 12.9. The Balaban J connectivity index is 3.25. The molecule has 0 aliphatic carbocycles. The molecule has 0 aliphatic rings. The summed E-state index contributed by atoms with van der Waals surface area (Å²) in [7, 11) is -3.59. The zero-order chi connectivity index (χ0) is 9.90. The third-order valence-electron chi connectivity index (χ3n) is 1.40. The van der Waals surface area contributed by atoms with Crippen molar-refractivity contribution in [3.8, 4) is 0 Å². The lowest BCUT2D eigenvalue weighted by Gasteiger charge is -2.00. The topological polar surface area (TPSA) is 34.1 Å². The average Bonchev–Trinajstić information content (AvgIpc) is 2.18. The molecule has 1 aromatic carbocycles. The van der Waals surface area contributed by atoms with Crippen molar-refractivity contribution in [3.05, 3.63) is 40.2 Å². The molecule has 0 bridgehead atoms. The van der Waals surface area contributed by atoms with Crippen LogP contribution in [0.2, 0.25) is 0 Å². The van der Waals surface area contributed by atoms with Gasteiger partial charge in [-0.3, -0.25) is 0 Å². The van der Waals surface area contributed by atoms with Gasteiger partial charge in [0.1, 0.15) is 4.36 Å². The summed E-state index contributed by atoms with van der Waals surface area (Å²) in [6.45, 7) is 0. The number of sulfone groups is 1. The molecule has 1 aromatic rings. The molecule has 2 nitrogen and oxygen atoms in total. The molecule has 0 atom stereocenters. The van der Waals surface area contributed by atoms with Crippen LogP contribution in [0.5, 0.6) is 0 Å². The third kappa shape index (κ3) is 2.24. The second-order valence-electron chi connectivity index (χ2n) is 2.23. The lowest BCUT2D eigenvalue weighted by atomic mass is 10.4. The van der Waals surface area contributed by atoms with E-state index in [2.05, 4.69) is 0 Å². The minimum atomic E-state index is -3.59. The molecule has 0 heterocycles. The lowest BCUT2D eigenvalue weighted by Crippen LogP contribution is -1.99. The second-order valence-corrected chi connectivity index (χ2v) is 5.00. The van der Waals surface area contributed by atoms with Gasteiger partial charge in [0, 0.05) is 5.54 Å². The van der Waals surface area contributed by atoms with Crippen molar-refractivity contribution in [2.45, 2.75) is 4.90 Å². The number of hydrogen-bond acceptors (Lipinski definition) is 2. The molecule has 0 saturated carbocycles. The van der Waals surface area contributed by atoms with Gasteiger partial charge in [-0.25, -0.2) is 8.42 Å². The van der Waals surface area contributed by atoms with Crippen molar-refractivity contribution in [1.82, 2.24) is 0 Å². The number of halogens is 2.